The zero-order valence-electron chi connectivity index (χ0n) is 11.9. The summed E-state index contributed by atoms with van der Waals surface area (Å²) >= 11 is 0. The van der Waals surface area contributed by atoms with Crippen LogP contribution in [-0.4, -0.2) is 12.1 Å². The van der Waals surface area contributed by atoms with Gasteiger partial charge in [0.15, 0.2) is 0 Å². The van der Waals surface area contributed by atoms with Gasteiger partial charge in [-0.15, -0.1) is 0 Å². The van der Waals surface area contributed by atoms with Crippen LogP contribution in [0.15, 0.2) is 42.6 Å². The Morgan fingerprint density at radius 3 is 2.55 bits per heavy atom. The second-order valence-corrected chi connectivity index (χ2v) is 4.72. The van der Waals surface area contributed by atoms with Crippen LogP contribution in [0.25, 0.3) is 0 Å². The molecule has 0 saturated heterocycles. The number of halogens is 1. The molecule has 3 nitrogen and oxygen atoms in total. The van der Waals surface area contributed by atoms with Gasteiger partial charge >= 0.3 is 0 Å². The monoisotopic (exact) mass is 274 g/mol. The summed E-state index contributed by atoms with van der Waals surface area (Å²) in [5.74, 6) is 0.288. The molecule has 0 aliphatic heterocycles. The van der Waals surface area contributed by atoms with Gasteiger partial charge in [0, 0.05) is 23.8 Å². The smallest absolute Gasteiger partial charge is 0.131 e. The Balaban J connectivity index is 2.18. The molecule has 0 aliphatic carbocycles. The van der Waals surface area contributed by atoms with E-state index < -0.39 is 0 Å². The average Bonchev–Trinajstić information content (AvgIpc) is 2.47. The van der Waals surface area contributed by atoms with Gasteiger partial charge < -0.3 is 10.1 Å². The topological polar surface area (TPSA) is 34.1 Å². The van der Waals surface area contributed by atoms with Crippen molar-refractivity contribution >= 4 is 0 Å². The van der Waals surface area contributed by atoms with Gasteiger partial charge in [0.2, 0.25) is 0 Å². The molecule has 2 aromatic rings. The number of rotatable bonds is 5. The Morgan fingerprint density at radius 2 is 1.90 bits per heavy atom. The number of nitrogens with one attached hydrogen (secondary N) is 1. The third kappa shape index (κ3) is 3.14. The molecule has 0 aliphatic rings. The van der Waals surface area contributed by atoms with E-state index in [1.165, 1.54) is 6.07 Å². The number of hydrogen-bond acceptors (Lipinski definition) is 3. The van der Waals surface area contributed by atoms with Crippen molar-refractivity contribution in [1.82, 2.24) is 10.3 Å². The van der Waals surface area contributed by atoms with Crippen molar-refractivity contribution in [1.29, 1.82) is 0 Å². The summed E-state index contributed by atoms with van der Waals surface area (Å²) in [4.78, 5) is 4.30. The van der Waals surface area contributed by atoms with Crippen LogP contribution in [0.4, 0.5) is 4.39 Å². The lowest BCUT2D eigenvalue weighted by atomic mass is 10.0. The second-order valence-electron chi connectivity index (χ2n) is 4.72. The van der Waals surface area contributed by atoms with Crippen LogP contribution in [-0.2, 0) is 0 Å². The van der Waals surface area contributed by atoms with E-state index in [1.54, 1.807) is 25.4 Å². The largest absolute Gasteiger partial charge is 0.496 e. The van der Waals surface area contributed by atoms with Gasteiger partial charge in [-0.25, -0.2) is 4.39 Å². The molecule has 2 atom stereocenters. The van der Waals surface area contributed by atoms with Gasteiger partial charge in [0.05, 0.1) is 12.8 Å². The molecule has 1 N–H and O–H groups in total. The number of ether oxygens (including phenoxy) is 1. The van der Waals surface area contributed by atoms with Crippen LogP contribution >= 0.6 is 0 Å². The fraction of sp³-hybridized carbons (Fsp3) is 0.312. The molecule has 1 unspecified atom stereocenters. The lowest BCUT2D eigenvalue weighted by molar-refractivity contribution is 0.386. The lowest BCUT2D eigenvalue weighted by Crippen LogP contribution is -2.24. The molecule has 4 heteroatoms. The molecule has 1 aromatic carbocycles. The van der Waals surface area contributed by atoms with Crippen LogP contribution in [0.5, 0.6) is 5.75 Å². The first-order chi connectivity index (χ1) is 9.63. The number of pyridine rings is 1. The fourth-order valence-corrected chi connectivity index (χ4v) is 2.29. The highest BCUT2D eigenvalue weighted by molar-refractivity contribution is 5.37. The van der Waals surface area contributed by atoms with Crippen molar-refractivity contribution in [2.75, 3.05) is 7.11 Å². The Morgan fingerprint density at radius 1 is 1.10 bits per heavy atom. The predicted molar refractivity (Wildman–Crippen MR) is 77.2 cm³/mol. The quantitative estimate of drug-likeness (QED) is 0.903. The van der Waals surface area contributed by atoms with E-state index in [9.17, 15) is 4.39 Å². The fourth-order valence-electron chi connectivity index (χ4n) is 2.29. The van der Waals surface area contributed by atoms with Crippen LogP contribution in [0.2, 0.25) is 0 Å². The lowest BCUT2D eigenvalue weighted by Gasteiger charge is -2.22. The van der Waals surface area contributed by atoms with Crippen molar-refractivity contribution < 1.29 is 9.13 Å². The van der Waals surface area contributed by atoms with Crippen LogP contribution in [0.1, 0.15) is 37.2 Å². The summed E-state index contributed by atoms with van der Waals surface area (Å²) in [7, 11) is 1.55. The van der Waals surface area contributed by atoms with Gasteiger partial charge in [-0.05, 0) is 38.1 Å². The number of methoxy groups -OCH3 is 1. The zero-order chi connectivity index (χ0) is 14.5. The molecule has 0 bridgehead atoms. The van der Waals surface area contributed by atoms with E-state index >= 15 is 0 Å². The molecule has 0 radical (unpaired) electrons. The Kier molecular flexibility index (Phi) is 4.69. The molecule has 106 valence electrons. The predicted octanol–water partition coefficient (Wildman–Crippen LogP) is 3.64. The molecule has 20 heavy (non-hydrogen) atoms. The molecule has 2 rings (SSSR count). The first kappa shape index (κ1) is 14.5. The summed E-state index contributed by atoms with van der Waals surface area (Å²) in [6.07, 6.45) is 1.75. The number of hydrogen-bond donors (Lipinski definition) is 1. The molecular formula is C16H19FN2O. The molecule has 0 saturated carbocycles. The van der Waals surface area contributed by atoms with Crippen LogP contribution in [0.3, 0.4) is 0 Å². The number of benzene rings is 1. The van der Waals surface area contributed by atoms with E-state index in [2.05, 4.69) is 10.3 Å². The molecular weight excluding hydrogens is 255 g/mol. The van der Waals surface area contributed by atoms with Crippen molar-refractivity contribution in [3.8, 4) is 5.75 Å². The van der Waals surface area contributed by atoms with Crippen molar-refractivity contribution in [2.45, 2.75) is 25.9 Å². The van der Waals surface area contributed by atoms with Gasteiger partial charge in [-0.1, -0.05) is 12.1 Å². The normalized spacial score (nSPS) is 13.8. The number of aromatic nitrogens is 1. The third-order valence-electron chi connectivity index (χ3n) is 3.30. The van der Waals surface area contributed by atoms with E-state index in [4.69, 9.17) is 4.74 Å². The minimum absolute atomic E-state index is 0.0236. The van der Waals surface area contributed by atoms with Crippen molar-refractivity contribution in [3.63, 3.8) is 0 Å². The van der Waals surface area contributed by atoms with E-state index in [1.807, 2.05) is 32.0 Å². The van der Waals surface area contributed by atoms with Gasteiger partial charge in [-0.2, -0.15) is 0 Å². The maximum Gasteiger partial charge on any atom is 0.131 e. The third-order valence-corrected chi connectivity index (χ3v) is 3.30. The van der Waals surface area contributed by atoms with Crippen molar-refractivity contribution in [2.24, 2.45) is 0 Å². The van der Waals surface area contributed by atoms with E-state index in [0.29, 0.717) is 11.3 Å². The average molecular weight is 274 g/mol. The first-order valence-electron chi connectivity index (χ1n) is 6.63. The SMILES string of the molecule is COc1cccc(F)c1C(C)N[C@H](C)c1ccccn1. The highest BCUT2D eigenvalue weighted by Gasteiger charge is 2.18. The van der Waals surface area contributed by atoms with E-state index in [-0.39, 0.29) is 17.9 Å². The van der Waals surface area contributed by atoms with Crippen LogP contribution < -0.4 is 10.1 Å². The Hall–Kier alpha value is -1.94. The Bertz CT molecular complexity index is 560. The van der Waals surface area contributed by atoms with Crippen molar-refractivity contribution in [3.05, 3.63) is 59.7 Å². The second kappa shape index (κ2) is 6.48. The van der Waals surface area contributed by atoms with E-state index in [0.717, 1.165) is 5.69 Å². The zero-order valence-corrected chi connectivity index (χ0v) is 11.9. The summed E-state index contributed by atoms with van der Waals surface area (Å²) in [5.41, 5.74) is 1.47. The minimum atomic E-state index is -0.266. The highest BCUT2D eigenvalue weighted by Crippen LogP contribution is 2.29. The standard InChI is InChI=1S/C16H19FN2O/c1-11(14-8-4-5-10-18-14)19-12(2)16-13(17)7-6-9-15(16)20-3/h4-12,19H,1-3H3/t11-,12?/m1/s1. The molecule has 0 fully saturated rings. The maximum atomic E-state index is 14.0. The maximum absolute atomic E-state index is 14.0. The number of nitrogens with zero attached hydrogens (tertiary/aromatic N) is 1. The summed E-state index contributed by atoms with van der Waals surface area (Å²) in [6, 6.07) is 10.5. The highest BCUT2D eigenvalue weighted by atomic mass is 19.1. The molecule has 0 spiro atoms. The first-order valence-corrected chi connectivity index (χ1v) is 6.63. The summed E-state index contributed by atoms with van der Waals surface area (Å²) in [5, 5.41) is 3.35. The molecule has 1 heterocycles. The van der Waals surface area contributed by atoms with Crippen LogP contribution in [0, 0.1) is 5.82 Å². The van der Waals surface area contributed by atoms with Gasteiger partial charge in [-0.3, -0.25) is 4.98 Å². The summed E-state index contributed by atoms with van der Waals surface area (Å²) < 4.78 is 19.2. The Labute approximate surface area is 118 Å². The minimum Gasteiger partial charge on any atom is -0.496 e. The van der Waals surface area contributed by atoms with Gasteiger partial charge in [0.1, 0.15) is 11.6 Å². The molecule has 0 amide bonds. The molecule has 1 aromatic heterocycles. The summed E-state index contributed by atoms with van der Waals surface area (Å²) in [6.45, 7) is 3.92. The van der Waals surface area contributed by atoms with Gasteiger partial charge in [0.25, 0.3) is 0 Å².